The van der Waals surface area contributed by atoms with Gasteiger partial charge in [0.1, 0.15) is 0 Å². The monoisotopic (exact) mass is 165 g/mol. The quantitative estimate of drug-likeness (QED) is 0.611. The van der Waals surface area contributed by atoms with Crippen LogP contribution in [-0.2, 0) is 4.74 Å². The predicted octanol–water partition coefficient (Wildman–Crippen LogP) is 2.60. The molecule has 0 N–H and O–H groups in total. The van der Waals surface area contributed by atoms with Crippen LogP contribution in [0.25, 0.3) is 0 Å². The van der Waals surface area contributed by atoms with E-state index in [2.05, 4.69) is 27.7 Å². The first-order valence-corrected chi connectivity index (χ1v) is 4.30. The van der Waals surface area contributed by atoms with Gasteiger partial charge in [0.05, 0.1) is 6.61 Å². The maximum absolute atomic E-state index is 5.16. The molecule has 0 aromatic carbocycles. The molecule has 0 atom stereocenters. The lowest BCUT2D eigenvalue weighted by Crippen LogP contribution is -2.13. The summed E-state index contributed by atoms with van der Waals surface area (Å²) in [4.78, 5) is 0. The third kappa shape index (κ3) is 1.52. The van der Waals surface area contributed by atoms with Crippen LogP contribution >= 0.6 is 0 Å². The molecule has 1 nitrogen and oxygen atoms in total. The maximum Gasteiger partial charge on any atom is 0.0536 e. The summed E-state index contributed by atoms with van der Waals surface area (Å²) >= 11 is 0. The van der Waals surface area contributed by atoms with Crippen molar-refractivity contribution in [2.24, 2.45) is 0 Å². The molecule has 0 spiro atoms. The highest BCUT2D eigenvalue weighted by Crippen LogP contribution is 2.51. The molecule has 0 heterocycles. The van der Waals surface area contributed by atoms with E-state index in [4.69, 9.17) is 4.74 Å². The molecule has 0 aliphatic heterocycles. The molecule has 1 rings (SSSR count). The van der Waals surface area contributed by atoms with E-state index in [1.165, 1.54) is 29.6 Å². The van der Waals surface area contributed by atoms with Crippen LogP contribution in [0.5, 0.6) is 0 Å². The second-order valence-corrected chi connectivity index (χ2v) is 3.41. The van der Waals surface area contributed by atoms with Gasteiger partial charge < -0.3 is 4.74 Å². The zero-order chi connectivity index (χ0) is 9.30. The van der Waals surface area contributed by atoms with Gasteiger partial charge in [0, 0.05) is 13.0 Å². The largest absolute Gasteiger partial charge is 0.384 e. The van der Waals surface area contributed by atoms with E-state index in [0.717, 1.165) is 6.61 Å². The molecule has 1 saturated carbocycles. The van der Waals surface area contributed by atoms with Crippen LogP contribution in [0.15, 0.2) is 0 Å². The molecule has 0 aromatic heterocycles. The Morgan fingerprint density at radius 1 is 0.833 bits per heavy atom. The highest BCUT2D eigenvalue weighted by Gasteiger charge is 2.43. The Hall–Kier alpha value is -0.0400. The second kappa shape index (κ2) is 3.78. The summed E-state index contributed by atoms with van der Waals surface area (Å²) in [7, 11) is 1.75. The molecule has 0 saturated heterocycles. The van der Waals surface area contributed by atoms with Gasteiger partial charge in [-0.3, -0.25) is 0 Å². The van der Waals surface area contributed by atoms with Crippen molar-refractivity contribution in [3.8, 4) is 0 Å². The van der Waals surface area contributed by atoms with Crippen LogP contribution in [0.4, 0.5) is 0 Å². The van der Waals surface area contributed by atoms with Gasteiger partial charge in [0.2, 0.25) is 0 Å². The van der Waals surface area contributed by atoms with Crippen molar-refractivity contribution < 1.29 is 4.74 Å². The first kappa shape index (κ1) is 10.0. The Kier molecular flexibility index (Phi) is 3.16. The normalized spacial score (nSPS) is 25.8. The van der Waals surface area contributed by atoms with Gasteiger partial charge in [-0.25, -0.2) is 0 Å². The summed E-state index contributed by atoms with van der Waals surface area (Å²) in [5.74, 6) is 6.99. The Labute approximate surface area is 76.5 Å². The van der Waals surface area contributed by atoms with Gasteiger partial charge in [-0.15, -0.1) is 0 Å². The minimum absolute atomic E-state index is 0.742. The fourth-order valence-corrected chi connectivity index (χ4v) is 1.66. The molecule has 12 heavy (non-hydrogen) atoms. The van der Waals surface area contributed by atoms with Gasteiger partial charge in [-0.1, -0.05) is 27.7 Å². The lowest BCUT2D eigenvalue weighted by atomic mass is 9.90. The highest BCUT2D eigenvalue weighted by molar-refractivity contribution is 5.59. The van der Waals surface area contributed by atoms with Crippen LogP contribution in [0.3, 0.4) is 0 Å². The Bertz CT molecular complexity index is 130. The summed E-state index contributed by atoms with van der Waals surface area (Å²) in [5, 5.41) is 0. The van der Waals surface area contributed by atoms with E-state index in [-0.39, 0.29) is 0 Å². The number of hydrogen-bond acceptors (Lipinski definition) is 1. The van der Waals surface area contributed by atoms with Crippen molar-refractivity contribution in [1.29, 1.82) is 0 Å². The summed E-state index contributed by atoms with van der Waals surface area (Å²) in [6.45, 7) is 9.44. The summed E-state index contributed by atoms with van der Waals surface area (Å²) in [5.41, 5.74) is 0. The third-order valence-corrected chi connectivity index (χ3v) is 2.88. The fraction of sp³-hybridized carbons (Fsp3) is 0.545. The van der Waals surface area contributed by atoms with Crippen LogP contribution in [-0.4, -0.2) is 13.7 Å². The lowest BCUT2D eigenvalue weighted by Gasteiger charge is -2.17. The van der Waals surface area contributed by atoms with Gasteiger partial charge in [-0.05, 0) is 23.7 Å². The molecule has 1 aliphatic rings. The van der Waals surface area contributed by atoms with E-state index in [0.29, 0.717) is 0 Å². The van der Waals surface area contributed by atoms with Crippen LogP contribution in [0.1, 0.15) is 27.7 Å². The molecular formula is C11H17O. The van der Waals surface area contributed by atoms with Crippen LogP contribution < -0.4 is 0 Å². The van der Waals surface area contributed by atoms with E-state index in [1.807, 2.05) is 0 Å². The van der Waals surface area contributed by atoms with E-state index >= 15 is 0 Å². The molecule has 0 bridgehead atoms. The van der Waals surface area contributed by atoms with E-state index < -0.39 is 0 Å². The first-order valence-electron chi connectivity index (χ1n) is 4.30. The molecule has 1 heteroatoms. The maximum atomic E-state index is 5.16. The average molecular weight is 165 g/mol. The fourth-order valence-electron chi connectivity index (χ4n) is 1.66. The number of rotatable bonds is 2. The van der Waals surface area contributed by atoms with Crippen molar-refractivity contribution in [1.82, 2.24) is 0 Å². The van der Waals surface area contributed by atoms with E-state index in [9.17, 15) is 0 Å². The molecule has 5 radical (unpaired) electrons. The predicted molar refractivity (Wildman–Crippen MR) is 50.8 cm³/mol. The van der Waals surface area contributed by atoms with Crippen LogP contribution in [0.2, 0.25) is 0 Å². The number of methoxy groups -OCH3 is 1. The van der Waals surface area contributed by atoms with Crippen LogP contribution in [0, 0.1) is 29.6 Å². The Morgan fingerprint density at radius 2 is 1.25 bits per heavy atom. The van der Waals surface area contributed by atoms with Gasteiger partial charge >= 0.3 is 0 Å². The number of hydrogen-bond donors (Lipinski definition) is 0. The lowest BCUT2D eigenvalue weighted by molar-refractivity contribution is 0.212. The molecule has 1 aliphatic carbocycles. The smallest absolute Gasteiger partial charge is 0.0536 e. The molecular weight excluding hydrogens is 148 g/mol. The second-order valence-electron chi connectivity index (χ2n) is 3.41. The van der Waals surface area contributed by atoms with Gasteiger partial charge in [-0.2, -0.15) is 0 Å². The molecule has 67 valence electrons. The van der Waals surface area contributed by atoms with Crippen molar-refractivity contribution in [3.63, 3.8) is 0 Å². The van der Waals surface area contributed by atoms with Crippen molar-refractivity contribution in [2.45, 2.75) is 27.7 Å². The highest BCUT2D eigenvalue weighted by atomic mass is 16.5. The van der Waals surface area contributed by atoms with Crippen molar-refractivity contribution in [2.75, 3.05) is 13.7 Å². The molecule has 0 aromatic rings. The zero-order valence-corrected chi connectivity index (χ0v) is 8.62. The number of ether oxygens (including phenoxy) is 1. The van der Waals surface area contributed by atoms with Gasteiger partial charge in [0.15, 0.2) is 0 Å². The molecule has 0 amide bonds. The standard InChI is InChI=1S/C11H17O/c1-7-8(2)10(4)11(6-12-5)9(7)3/h6H2,1-5H3. The summed E-state index contributed by atoms with van der Waals surface area (Å²) in [6, 6.07) is 0. The molecule has 0 unspecified atom stereocenters. The molecule has 1 fully saturated rings. The van der Waals surface area contributed by atoms with Crippen molar-refractivity contribution in [3.05, 3.63) is 29.6 Å². The summed E-state index contributed by atoms with van der Waals surface area (Å²) < 4.78 is 5.16. The van der Waals surface area contributed by atoms with Crippen molar-refractivity contribution >= 4 is 0 Å². The zero-order valence-electron chi connectivity index (χ0n) is 8.62. The Balaban J connectivity index is 2.62. The van der Waals surface area contributed by atoms with Gasteiger partial charge in [0.25, 0.3) is 0 Å². The third-order valence-electron chi connectivity index (χ3n) is 2.88. The summed E-state index contributed by atoms with van der Waals surface area (Å²) in [6.07, 6.45) is 0. The topological polar surface area (TPSA) is 9.23 Å². The SMILES string of the molecule is COC[C]1[C](C)[C](C)[C](C)[C]1C. The minimum Gasteiger partial charge on any atom is -0.384 e. The minimum atomic E-state index is 0.742. The average Bonchev–Trinajstić information content (AvgIpc) is 2.23. The first-order chi connectivity index (χ1) is 5.59. The Morgan fingerprint density at radius 3 is 1.58 bits per heavy atom. The van der Waals surface area contributed by atoms with E-state index in [1.54, 1.807) is 7.11 Å².